The third-order valence-corrected chi connectivity index (χ3v) is 2.98. The number of nitrogens with two attached hydrogens (primary N) is 1. The van der Waals surface area contributed by atoms with E-state index in [9.17, 15) is 18.4 Å². The molecule has 1 aromatic heterocycles. The normalized spacial score (nSPS) is 10.8. The maximum absolute atomic E-state index is 13.6. The topological polar surface area (TPSA) is 70.0 Å². The molecule has 0 fully saturated rings. The predicted molar refractivity (Wildman–Crippen MR) is 70.5 cm³/mol. The molecule has 20 heavy (non-hydrogen) atoms. The Morgan fingerprint density at radius 2 is 1.80 bits per heavy atom. The Balaban J connectivity index is 2.63. The summed E-state index contributed by atoms with van der Waals surface area (Å²) in [6.45, 7) is 1.49. The van der Waals surface area contributed by atoms with Crippen molar-refractivity contribution in [1.82, 2.24) is 9.13 Å². The number of benzene rings is 1. The molecule has 0 saturated carbocycles. The van der Waals surface area contributed by atoms with Crippen molar-refractivity contribution in [1.29, 1.82) is 0 Å². The van der Waals surface area contributed by atoms with Gasteiger partial charge in [-0.2, -0.15) is 0 Å². The molecular formula is C13H13F2N3O2. The maximum Gasteiger partial charge on any atom is 0.331 e. The smallest absolute Gasteiger partial charge is 0.331 e. The molecule has 2 aromatic rings. The number of aryl methyl sites for hydroxylation is 1. The first kappa shape index (κ1) is 14.0. The van der Waals surface area contributed by atoms with E-state index < -0.39 is 29.4 Å². The molecule has 0 bridgehead atoms. The van der Waals surface area contributed by atoms with E-state index in [-0.39, 0.29) is 11.3 Å². The third kappa shape index (κ3) is 2.34. The van der Waals surface area contributed by atoms with E-state index in [0.29, 0.717) is 6.54 Å². The highest BCUT2D eigenvalue weighted by Gasteiger charge is 2.14. The molecule has 2 rings (SSSR count). The van der Waals surface area contributed by atoms with Crippen molar-refractivity contribution >= 4 is 5.69 Å². The van der Waals surface area contributed by atoms with E-state index in [1.165, 1.54) is 16.8 Å². The lowest BCUT2D eigenvalue weighted by Gasteiger charge is -2.11. The van der Waals surface area contributed by atoms with Crippen LogP contribution in [0.25, 0.3) is 0 Å². The summed E-state index contributed by atoms with van der Waals surface area (Å²) in [5.41, 5.74) is 3.60. The van der Waals surface area contributed by atoms with Gasteiger partial charge in [-0.05, 0) is 19.1 Å². The Morgan fingerprint density at radius 3 is 2.35 bits per heavy atom. The van der Waals surface area contributed by atoms with Gasteiger partial charge in [0.1, 0.15) is 17.3 Å². The molecular weight excluding hydrogens is 268 g/mol. The average molecular weight is 281 g/mol. The zero-order valence-corrected chi connectivity index (χ0v) is 10.8. The molecule has 7 heteroatoms. The van der Waals surface area contributed by atoms with Crippen LogP contribution in [-0.2, 0) is 13.1 Å². The second kappa shape index (κ2) is 5.28. The largest absolute Gasteiger partial charge is 0.393 e. The molecule has 0 spiro atoms. The van der Waals surface area contributed by atoms with Crippen LogP contribution in [-0.4, -0.2) is 9.13 Å². The Morgan fingerprint density at radius 1 is 1.20 bits per heavy atom. The van der Waals surface area contributed by atoms with Crippen LogP contribution in [0, 0.1) is 11.6 Å². The summed E-state index contributed by atoms with van der Waals surface area (Å²) in [5, 5.41) is 0. The molecule has 0 radical (unpaired) electrons. The number of hydrogen-bond acceptors (Lipinski definition) is 3. The summed E-state index contributed by atoms with van der Waals surface area (Å²) >= 11 is 0. The van der Waals surface area contributed by atoms with Crippen molar-refractivity contribution in [2.75, 3.05) is 5.73 Å². The van der Waals surface area contributed by atoms with Gasteiger partial charge >= 0.3 is 5.69 Å². The van der Waals surface area contributed by atoms with Crippen LogP contribution in [0.4, 0.5) is 14.5 Å². The van der Waals surface area contributed by atoms with Gasteiger partial charge in [-0.3, -0.25) is 13.9 Å². The number of nitrogen functional groups attached to an aromatic ring is 1. The Labute approximate surface area is 112 Å². The van der Waals surface area contributed by atoms with Gasteiger partial charge < -0.3 is 5.73 Å². The zero-order valence-electron chi connectivity index (χ0n) is 10.8. The molecule has 5 nitrogen and oxygen atoms in total. The summed E-state index contributed by atoms with van der Waals surface area (Å²) < 4.78 is 29.1. The van der Waals surface area contributed by atoms with Gasteiger partial charge in [0.2, 0.25) is 0 Å². The minimum Gasteiger partial charge on any atom is -0.393 e. The second-order valence-corrected chi connectivity index (χ2v) is 4.24. The summed E-state index contributed by atoms with van der Waals surface area (Å²) in [6, 6.07) is 3.34. The van der Waals surface area contributed by atoms with Crippen LogP contribution < -0.4 is 17.0 Å². The highest BCUT2D eigenvalue weighted by atomic mass is 19.1. The number of halogens is 2. The highest BCUT2D eigenvalue weighted by Crippen LogP contribution is 2.12. The first-order chi connectivity index (χ1) is 9.45. The quantitative estimate of drug-likeness (QED) is 0.910. The van der Waals surface area contributed by atoms with Crippen LogP contribution in [0.5, 0.6) is 0 Å². The summed E-state index contributed by atoms with van der Waals surface area (Å²) in [7, 11) is 0. The molecule has 0 aliphatic carbocycles. The van der Waals surface area contributed by atoms with Gasteiger partial charge in [-0.1, -0.05) is 6.07 Å². The summed E-state index contributed by atoms with van der Waals surface area (Å²) in [4.78, 5) is 23.9. The number of rotatable bonds is 3. The minimum absolute atomic E-state index is 0.150. The Kier molecular flexibility index (Phi) is 3.69. The molecule has 106 valence electrons. The fourth-order valence-corrected chi connectivity index (χ4v) is 1.88. The van der Waals surface area contributed by atoms with E-state index in [4.69, 9.17) is 5.73 Å². The van der Waals surface area contributed by atoms with Crippen LogP contribution in [0.2, 0.25) is 0 Å². The third-order valence-electron chi connectivity index (χ3n) is 2.98. The molecule has 0 atom stereocenters. The van der Waals surface area contributed by atoms with E-state index in [1.54, 1.807) is 6.92 Å². The Bertz CT molecular complexity index is 745. The maximum atomic E-state index is 13.6. The van der Waals surface area contributed by atoms with Crippen molar-refractivity contribution in [3.8, 4) is 0 Å². The first-order valence-electron chi connectivity index (χ1n) is 5.98. The molecule has 0 aliphatic heterocycles. The van der Waals surface area contributed by atoms with Gasteiger partial charge in [-0.15, -0.1) is 0 Å². The standard InChI is InChI=1S/C13H13F2N3O2/c1-2-17-7-11(16)12(19)18(13(17)20)6-8-9(14)4-3-5-10(8)15/h3-5,7H,2,6,16H2,1H3. The van der Waals surface area contributed by atoms with Crippen molar-refractivity contribution < 1.29 is 8.78 Å². The van der Waals surface area contributed by atoms with E-state index in [2.05, 4.69) is 0 Å². The van der Waals surface area contributed by atoms with Gasteiger partial charge in [0.05, 0.1) is 6.54 Å². The fraction of sp³-hybridized carbons (Fsp3) is 0.231. The first-order valence-corrected chi connectivity index (χ1v) is 5.98. The van der Waals surface area contributed by atoms with E-state index in [0.717, 1.165) is 16.7 Å². The second-order valence-electron chi connectivity index (χ2n) is 4.24. The summed E-state index contributed by atoms with van der Waals surface area (Å²) in [6.07, 6.45) is 1.22. The van der Waals surface area contributed by atoms with Gasteiger partial charge in [0, 0.05) is 18.3 Å². The van der Waals surface area contributed by atoms with Crippen molar-refractivity contribution in [3.05, 3.63) is 62.4 Å². The molecule has 0 amide bonds. The van der Waals surface area contributed by atoms with Crippen molar-refractivity contribution in [3.63, 3.8) is 0 Å². The summed E-state index contributed by atoms with van der Waals surface area (Å²) in [5.74, 6) is -1.64. The lowest BCUT2D eigenvalue weighted by molar-refractivity contribution is 0.526. The van der Waals surface area contributed by atoms with Crippen molar-refractivity contribution in [2.45, 2.75) is 20.0 Å². The van der Waals surface area contributed by atoms with Gasteiger partial charge in [0.15, 0.2) is 0 Å². The number of hydrogen-bond donors (Lipinski definition) is 1. The molecule has 1 aromatic carbocycles. The zero-order chi connectivity index (χ0) is 14.9. The molecule has 0 aliphatic rings. The minimum atomic E-state index is -0.818. The highest BCUT2D eigenvalue weighted by molar-refractivity contribution is 5.31. The van der Waals surface area contributed by atoms with E-state index in [1.807, 2.05) is 0 Å². The molecule has 2 N–H and O–H groups in total. The molecule has 0 saturated heterocycles. The molecule has 1 heterocycles. The SMILES string of the molecule is CCn1cc(N)c(=O)n(Cc2c(F)cccc2F)c1=O. The monoisotopic (exact) mass is 281 g/mol. The van der Waals surface area contributed by atoms with Crippen LogP contribution in [0.1, 0.15) is 12.5 Å². The van der Waals surface area contributed by atoms with Crippen LogP contribution in [0.15, 0.2) is 34.0 Å². The lowest BCUT2D eigenvalue weighted by Crippen LogP contribution is -2.41. The Hall–Kier alpha value is -2.44. The van der Waals surface area contributed by atoms with E-state index >= 15 is 0 Å². The molecule has 0 unspecified atom stereocenters. The number of aromatic nitrogens is 2. The van der Waals surface area contributed by atoms with Crippen molar-refractivity contribution in [2.24, 2.45) is 0 Å². The lowest BCUT2D eigenvalue weighted by atomic mass is 10.2. The van der Waals surface area contributed by atoms with Crippen LogP contribution >= 0.6 is 0 Å². The van der Waals surface area contributed by atoms with Gasteiger partial charge in [-0.25, -0.2) is 13.6 Å². The fourth-order valence-electron chi connectivity index (χ4n) is 1.88. The number of anilines is 1. The van der Waals surface area contributed by atoms with Gasteiger partial charge in [0.25, 0.3) is 5.56 Å². The number of nitrogens with zero attached hydrogens (tertiary/aromatic N) is 2. The van der Waals surface area contributed by atoms with Crippen LogP contribution in [0.3, 0.4) is 0 Å². The average Bonchev–Trinajstić information content (AvgIpc) is 2.41. The predicted octanol–water partition coefficient (Wildman–Crippen LogP) is 0.939.